The van der Waals surface area contributed by atoms with Crippen molar-refractivity contribution in [3.05, 3.63) is 58.7 Å². The predicted molar refractivity (Wildman–Crippen MR) is 129 cm³/mol. The lowest BCUT2D eigenvalue weighted by molar-refractivity contribution is 0.299. The second-order valence-electron chi connectivity index (χ2n) is 11.1. The Labute approximate surface area is 184 Å². The smallest absolute Gasteiger partial charge is 0.00617 e. The molecule has 2 fully saturated rings. The van der Waals surface area contributed by atoms with Crippen molar-refractivity contribution in [2.45, 2.75) is 103 Å². The fourth-order valence-electron chi connectivity index (χ4n) is 7.99. The van der Waals surface area contributed by atoms with Crippen LogP contribution in [0.2, 0.25) is 0 Å². The first-order valence-electron chi connectivity index (χ1n) is 12.8. The van der Waals surface area contributed by atoms with Gasteiger partial charge >= 0.3 is 0 Å². The number of rotatable bonds is 6. The van der Waals surface area contributed by atoms with Crippen LogP contribution in [0, 0.1) is 25.7 Å². The molecule has 2 aromatic carbocycles. The van der Waals surface area contributed by atoms with Gasteiger partial charge in [-0.05, 0) is 73.6 Å². The van der Waals surface area contributed by atoms with Crippen LogP contribution >= 0.6 is 0 Å². The number of fused-ring (bicyclic) bond motifs is 3. The molecule has 2 aromatic rings. The van der Waals surface area contributed by atoms with Gasteiger partial charge in [-0.3, -0.25) is 0 Å². The monoisotopic (exact) mass is 400 g/mol. The number of aryl methyl sites for hydroxylation is 2. The average molecular weight is 401 g/mol. The molecule has 30 heavy (non-hydrogen) atoms. The molecule has 0 amide bonds. The van der Waals surface area contributed by atoms with E-state index in [1.807, 2.05) is 0 Å². The van der Waals surface area contributed by atoms with E-state index in [1.165, 1.54) is 75.3 Å². The summed E-state index contributed by atoms with van der Waals surface area (Å²) in [6.07, 6.45) is 14.1. The van der Waals surface area contributed by atoms with E-state index in [1.54, 1.807) is 22.3 Å². The van der Waals surface area contributed by atoms with Crippen molar-refractivity contribution < 1.29 is 0 Å². The van der Waals surface area contributed by atoms with E-state index in [0.717, 1.165) is 11.8 Å². The van der Waals surface area contributed by atoms with Crippen LogP contribution < -0.4 is 0 Å². The summed E-state index contributed by atoms with van der Waals surface area (Å²) in [5.74, 6) is 1.80. The molecule has 3 aliphatic rings. The molecule has 160 valence electrons. The van der Waals surface area contributed by atoms with Gasteiger partial charge in [-0.1, -0.05) is 99.9 Å². The Morgan fingerprint density at radius 2 is 1.07 bits per heavy atom. The van der Waals surface area contributed by atoms with Crippen LogP contribution in [0.5, 0.6) is 0 Å². The molecule has 0 unspecified atom stereocenters. The molecule has 0 N–H and O–H groups in total. The van der Waals surface area contributed by atoms with Crippen molar-refractivity contribution in [3.63, 3.8) is 0 Å². The highest BCUT2D eigenvalue weighted by atomic mass is 14.7. The lowest BCUT2D eigenvalue weighted by Gasteiger charge is -2.48. The highest BCUT2D eigenvalue weighted by Crippen LogP contribution is 2.72. The van der Waals surface area contributed by atoms with E-state index in [9.17, 15) is 0 Å². The Kier molecular flexibility index (Phi) is 5.11. The van der Waals surface area contributed by atoms with Crippen molar-refractivity contribution in [2.24, 2.45) is 11.8 Å². The molecule has 0 aromatic heterocycles. The van der Waals surface area contributed by atoms with Crippen LogP contribution in [0.3, 0.4) is 0 Å². The van der Waals surface area contributed by atoms with E-state index < -0.39 is 0 Å². The van der Waals surface area contributed by atoms with Gasteiger partial charge in [0, 0.05) is 10.8 Å². The number of unbranched alkanes of at least 4 members (excludes halogenated alkanes) is 2. The maximum Gasteiger partial charge on any atom is 0.00617 e. The zero-order chi connectivity index (χ0) is 20.9. The average Bonchev–Trinajstić information content (AvgIpc) is 3.22. The molecule has 0 heteroatoms. The van der Waals surface area contributed by atoms with Crippen LogP contribution in [0.25, 0.3) is 11.1 Å². The van der Waals surface area contributed by atoms with E-state index in [-0.39, 0.29) is 0 Å². The van der Waals surface area contributed by atoms with E-state index in [4.69, 9.17) is 0 Å². The molecule has 3 aliphatic carbocycles. The molecule has 0 spiro atoms. The van der Waals surface area contributed by atoms with Gasteiger partial charge in [-0.25, -0.2) is 0 Å². The van der Waals surface area contributed by atoms with Crippen LogP contribution in [0.4, 0.5) is 0 Å². The maximum absolute atomic E-state index is 2.59. The first-order chi connectivity index (χ1) is 14.5. The maximum atomic E-state index is 2.59. The van der Waals surface area contributed by atoms with Gasteiger partial charge in [0.2, 0.25) is 0 Å². The Morgan fingerprint density at radius 1 is 0.667 bits per heavy atom. The lowest BCUT2D eigenvalue weighted by atomic mass is 9.55. The van der Waals surface area contributed by atoms with Crippen LogP contribution in [0.1, 0.15) is 100 Å². The Balaban J connectivity index is 1.72. The number of hydrogen-bond donors (Lipinski definition) is 0. The highest BCUT2D eigenvalue weighted by molar-refractivity contribution is 5.79. The molecule has 0 aliphatic heterocycles. The molecule has 2 saturated carbocycles. The van der Waals surface area contributed by atoms with Crippen molar-refractivity contribution in [1.29, 1.82) is 0 Å². The Hall–Kier alpha value is -1.56. The zero-order valence-corrected chi connectivity index (χ0v) is 19.7. The summed E-state index contributed by atoms with van der Waals surface area (Å²) in [4.78, 5) is 0. The van der Waals surface area contributed by atoms with Gasteiger partial charge in [0.05, 0.1) is 0 Å². The third-order valence-corrected chi connectivity index (χ3v) is 9.07. The van der Waals surface area contributed by atoms with Gasteiger partial charge in [0.1, 0.15) is 0 Å². The number of benzene rings is 2. The molecule has 0 heterocycles. The standard InChI is InChI=1S/C30H40/c1-5-7-9-23-17-29-19-24(10-8-6-2)20-30(29,18-23)28-16-22(4)12-14-26(28)25-13-11-21(3)15-27(25)29/h11-16,23-24H,5-10,17-20H2,1-4H3. The predicted octanol–water partition coefficient (Wildman–Crippen LogP) is 8.66. The minimum absolute atomic E-state index is 0.381. The SMILES string of the molecule is CCCCC1CC23CC(CCCC)CC2(C1)c1cc(C)ccc1-c1ccc(C)cc13. The van der Waals surface area contributed by atoms with Crippen molar-refractivity contribution in [3.8, 4) is 11.1 Å². The van der Waals surface area contributed by atoms with Crippen molar-refractivity contribution in [2.75, 3.05) is 0 Å². The quantitative estimate of drug-likeness (QED) is 0.455. The van der Waals surface area contributed by atoms with Gasteiger partial charge in [-0.15, -0.1) is 0 Å². The normalized spacial score (nSPS) is 31.2. The summed E-state index contributed by atoms with van der Waals surface area (Å²) < 4.78 is 0. The molecular formula is C30H40. The van der Waals surface area contributed by atoms with Crippen LogP contribution in [-0.2, 0) is 10.8 Å². The topological polar surface area (TPSA) is 0 Å². The Bertz CT molecular complexity index is 844. The fraction of sp³-hybridized carbons (Fsp3) is 0.600. The molecule has 0 radical (unpaired) electrons. The summed E-state index contributed by atoms with van der Waals surface area (Å²) in [5.41, 5.74) is 10.2. The van der Waals surface area contributed by atoms with Crippen molar-refractivity contribution in [1.82, 2.24) is 0 Å². The summed E-state index contributed by atoms with van der Waals surface area (Å²) in [5, 5.41) is 0. The first-order valence-corrected chi connectivity index (χ1v) is 12.8. The van der Waals surface area contributed by atoms with Gasteiger partial charge in [0.25, 0.3) is 0 Å². The molecular weight excluding hydrogens is 360 g/mol. The molecule has 0 nitrogen and oxygen atoms in total. The minimum Gasteiger partial charge on any atom is -0.0654 e. The Morgan fingerprint density at radius 3 is 1.43 bits per heavy atom. The highest BCUT2D eigenvalue weighted by Gasteiger charge is 2.66. The summed E-state index contributed by atoms with van der Waals surface area (Å²) in [7, 11) is 0. The summed E-state index contributed by atoms with van der Waals surface area (Å²) in [6.45, 7) is 9.32. The van der Waals surface area contributed by atoms with E-state index in [2.05, 4.69) is 64.1 Å². The van der Waals surface area contributed by atoms with Crippen LogP contribution in [-0.4, -0.2) is 0 Å². The zero-order valence-electron chi connectivity index (χ0n) is 19.7. The fourth-order valence-corrected chi connectivity index (χ4v) is 7.99. The molecule has 0 saturated heterocycles. The van der Waals surface area contributed by atoms with Gasteiger partial charge < -0.3 is 0 Å². The van der Waals surface area contributed by atoms with Crippen LogP contribution in [0.15, 0.2) is 36.4 Å². The van der Waals surface area contributed by atoms with E-state index >= 15 is 0 Å². The second kappa shape index (κ2) is 7.54. The largest absolute Gasteiger partial charge is 0.0654 e. The molecule has 5 rings (SSSR count). The summed E-state index contributed by atoms with van der Waals surface area (Å²) in [6, 6.07) is 14.8. The lowest BCUT2D eigenvalue weighted by Crippen LogP contribution is -2.43. The van der Waals surface area contributed by atoms with E-state index in [0.29, 0.717) is 10.8 Å². The second-order valence-corrected chi connectivity index (χ2v) is 11.1. The van der Waals surface area contributed by atoms with Gasteiger partial charge in [-0.2, -0.15) is 0 Å². The third-order valence-electron chi connectivity index (χ3n) is 9.07. The van der Waals surface area contributed by atoms with Crippen molar-refractivity contribution >= 4 is 0 Å². The summed E-state index contributed by atoms with van der Waals surface area (Å²) >= 11 is 0. The first kappa shape index (κ1) is 20.3. The van der Waals surface area contributed by atoms with Gasteiger partial charge in [0.15, 0.2) is 0 Å². The third kappa shape index (κ3) is 2.85. The number of hydrogen-bond acceptors (Lipinski definition) is 0. The molecule has 0 atom stereocenters. The molecule has 0 bridgehead atoms. The minimum atomic E-state index is 0.381.